The molecule has 0 rings (SSSR count). The molecule has 0 aliphatic carbocycles. The molecule has 0 heterocycles. The number of hydrogen-bond donors (Lipinski definition) is 3. The summed E-state index contributed by atoms with van der Waals surface area (Å²) < 4.78 is 8.22. The second kappa shape index (κ2) is 15.4. The summed E-state index contributed by atoms with van der Waals surface area (Å²) >= 11 is 10.5. The molecule has 0 spiro atoms. The van der Waals surface area contributed by atoms with E-state index in [1.54, 1.807) is 0 Å². The Morgan fingerprint density at radius 3 is 2.05 bits per heavy atom. The molecule has 0 aromatic heterocycles. The van der Waals surface area contributed by atoms with Gasteiger partial charge in [-0.3, -0.25) is 9.59 Å². The van der Waals surface area contributed by atoms with E-state index in [9.17, 15) is 9.59 Å². The van der Waals surface area contributed by atoms with Gasteiger partial charge in [-0.15, -0.1) is 12.6 Å². The van der Waals surface area contributed by atoms with Crippen LogP contribution in [0.25, 0.3) is 5.32 Å². The van der Waals surface area contributed by atoms with Crippen LogP contribution in [0.15, 0.2) is 0 Å². The Morgan fingerprint density at radius 2 is 1.65 bits per heavy atom. The average molecular weight is 408 g/mol. The summed E-state index contributed by atoms with van der Waals surface area (Å²) in [6.07, 6.45) is -0.0911. The summed E-state index contributed by atoms with van der Waals surface area (Å²) in [5.74, 6) is -1.24. The Morgan fingerprint density at radius 1 is 1.10 bits per heavy atom. The van der Waals surface area contributed by atoms with Gasteiger partial charge >= 0.3 is 34.3 Å². The molecule has 0 fully saturated rings. The summed E-state index contributed by atoms with van der Waals surface area (Å²) in [6, 6.07) is -0.616. The molecule has 0 aromatic carbocycles. The SMILES string of the molecule is O=C(O)C[C@H](C[S-])[N-]CCN[C@@H](C[S-])CC(=O)O.[O]=[99Tc+3]. The van der Waals surface area contributed by atoms with E-state index in [1.807, 2.05) is 0 Å². The van der Waals surface area contributed by atoms with Crippen molar-refractivity contribution in [3.05, 3.63) is 5.32 Å². The number of nitrogens with zero attached hydrogens (tertiary/aromatic N) is 1. The van der Waals surface area contributed by atoms with Crippen LogP contribution < -0.4 is 5.32 Å². The molecule has 0 amide bonds. The molecule has 0 aliphatic rings. The van der Waals surface area contributed by atoms with Crippen molar-refractivity contribution in [2.75, 3.05) is 24.6 Å². The average Bonchev–Trinajstić information content (AvgIpc) is 2.42. The first-order chi connectivity index (χ1) is 9.49. The molecule has 2 atom stereocenters. The van der Waals surface area contributed by atoms with Gasteiger partial charge < -0.3 is 46.1 Å². The van der Waals surface area contributed by atoms with Crippen molar-refractivity contribution in [2.24, 2.45) is 0 Å². The van der Waals surface area contributed by atoms with Gasteiger partial charge in [0.25, 0.3) is 0 Å². The molecule has 10 heteroatoms. The van der Waals surface area contributed by atoms with Gasteiger partial charge in [0.05, 0.1) is 6.42 Å². The number of nitrogens with one attached hydrogen (secondary N) is 1. The molecule has 0 radical (unpaired) electrons. The van der Waals surface area contributed by atoms with Crippen molar-refractivity contribution in [1.82, 2.24) is 5.32 Å². The number of carboxylic acid groups (broad SMARTS) is 2. The number of carbonyl (C=O) groups is 2. The van der Waals surface area contributed by atoms with Crippen LogP contribution in [-0.4, -0.2) is 58.8 Å². The fraction of sp³-hybridized carbons (Fsp3) is 0.800. The van der Waals surface area contributed by atoms with Gasteiger partial charge in [-0.25, -0.2) is 0 Å². The Bertz CT molecular complexity index is 260. The molecule has 0 aliphatic heterocycles. The second-order valence-electron chi connectivity index (χ2n) is 3.74. The number of rotatable bonds is 11. The van der Waals surface area contributed by atoms with Gasteiger partial charge in [0.2, 0.25) is 0 Å². The summed E-state index contributed by atoms with van der Waals surface area (Å²) in [7, 11) is 0. The van der Waals surface area contributed by atoms with Gasteiger partial charge in [0.15, 0.2) is 0 Å². The first-order valence-corrected chi connectivity index (χ1v) is 7.56. The maximum atomic E-state index is 10.5. The second-order valence-corrected chi connectivity index (χ2v) is 4.41. The molecule has 0 unspecified atom stereocenters. The third-order valence-electron chi connectivity index (χ3n) is 2.16. The topological polar surface area (TPSA) is 118 Å². The predicted molar refractivity (Wildman–Crippen MR) is 73.5 cm³/mol. The summed E-state index contributed by atoms with van der Waals surface area (Å²) in [5.41, 5.74) is 0. The fourth-order valence-corrected chi connectivity index (χ4v) is 1.75. The van der Waals surface area contributed by atoms with Crippen molar-refractivity contribution in [3.8, 4) is 0 Å². The first-order valence-electron chi connectivity index (χ1n) is 5.64. The summed E-state index contributed by atoms with van der Waals surface area (Å²) in [5, 5.41) is 24.3. The molecule has 0 saturated carbocycles. The van der Waals surface area contributed by atoms with Crippen molar-refractivity contribution >= 4 is 37.2 Å². The van der Waals surface area contributed by atoms with Crippen LogP contribution in [0, 0.1) is 0 Å². The Balaban J connectivity index is 0. The van der Waals surface area contributed by atoms with Crippen molar-refractivity contribution in [3.63, 3.8) is 0 Å². The standard InChI is InChI=1S/C10H19N2O4S2.O.Tc/c13-9(14)3-7(5-17)11-1-2-12-8(6-18)4-10(15)16;;/h7-8,11,17-18H,1-6H2,(H,13,14)(H,15,16);;/q-1;;+3/p-2/t7-,8-;;/m1../s1/i;;1+1. The molecule has 116 valence electrons. The molecule has 3 N–H and O–H groups in total. The van der Waals surface area contributed by atoms with Gasteiger partial charge in [-0.05, 0) is 12.6 Å². The molecule has 0 bridgehead atoms. The van der Waals surface area contributed by atoms with E-state index < -0.39 is 11.9 Å². The van der Waals surface area contributed by atoms with E-state index in [4.69, 9.17) is 39.0 Å². The Labute approximate surface area is 139 Å². The van der Waals surface area contributed by atoms with Gasteiger partial charge in [0.1, 0.15) is 0 Å². The molecule has 20 heavy (non-hydrogen) atoms. The minimum atomic E-state index is -0.920. The molecular formula is C10H17N2O5S2Tc. The van der Waals surface area contributed by atoms with Crippen molar-refractivity contribution in [1.29, 1.82) is 0 Å². The first kappa shape index (κ1) is 22.3. The third-order valence-corrected chi connectivity index (χ3v) is 2.94. The van der Waals surface area contributed by atoms with E-state index in [2.05, 4.69) is 10.6 Å². The fourth-order valence-electron chi connectivity index (χ4n) is 1.29. The monoisotopic (exact) mass is 408 g/mol. The summed E-state index contributed by atoms with van der Waals surface area (Å²) in [4.78, 5) is 21.0. The van der Waals surface area contributed by atoms with Gasteiger partial charge in [-0.2, -0.15) is 11.5 Å². The van der Waals surface area contributed by atoms with Crippen LogP contribution in [0.4, 0.5) is 0 Å². The quantitative estimate of drug-likeness (QED) is 0.313. The molecule has 7 nitrogen and oxygen atoms in total. The van der Waals surface area contributed by atoms with E-state index in [1.165, 1.54) is 0 Å². The number of aliphatic carboxylic acids is 2. The molecule has 0 aromatic rings. The zero-order valence-electron chi connectivity index (χ0n) is 10.7. The van der Waals surface area contributed by atoms with Crippen LogP contribution in [0.5, 0.6) is 0 Å². The number of carboxylic acids is 2. The Hall–Kier alpha value is 0.00935. The Kier molecular flexibility index (Phi) is 17.2. The van der Waals surface area contributed by atoms with Crippen LogP contribution in [0.1, 0.15) is 12.8 Å². The van der Waals surface area contributed by atoms with Gasteiger partial charge in [-0.1, -0.05) is 0 Å². The van der Waals surface area contributed by atoms with Crippen LogP contribution in [-0.2, 0) is 57.2 Å². The van der Waals surface area contributed by atoms with Crippen LogP contribution in [0.2, 0.25) is 0 Å². The minimum absolute atomic E-state index is 0.0247. The number of hydrogen-bond acceptors (Lipinski definition) is 6. The molecular weight excluding hydrogens is 391 g/mol. The van der Waals surface area contributed by atoms with E-state index in [-0.39, 0.29) is 30.7 Å². The van der Waals surface area contributed by atoms with Crippen LogP contribution >= 0.6 is 0 Å². The molecule has 0 saturated heterocycles. The van der Waals surface area contributed by atoms with E-state index >= 15 is 0 Å². The zero-order chi connectivity index (χ0) is 16.0. The third kappa shape index (κ3) is 14.4. The summed E-state index contributed by atoms with van der Waals surface area (Å²) in [6.45, 7) is 0.875. The normalized spacial score (nSPS) is 12.8. The van der Waals surface area contributed by atoms with Crippen molar-refractivity contribution < 1.29 is 42.2 Å². The van der Waals surface area contributed by atoms with Crippen LogP contribution in [0.3, 0.4) is 0 Å². The van der Waals surface area contributed by atoms with E-state index in [0.717, 1.165) is 18.9 Å². The van der Waals surface area contributed by atoms with Crippen molar-refractivity contribution in [2.45, 2.75) is 24.9 Å². The zero-order valence-corrected chi connectivity index (χ0v) is 14.1. The van der Waals surface area contributed by atoms with Gasteiger partial charge in [0, 0.05) is 6.42 Å². The predicted octanol–water partition coefficient (Wildman–Crippen LogP) is -0.391. The maximum absolute atomic E-state index is 10.5. The van der Waals surface area contributed by atoms with E-state index in [0.29, 0.717) is 18.8 Å².